The van der Waals surface area contributed by atoms with E-state index in [1.54, 1.807) is 0 Å². The second-order valence-corrected chi connectivity index (χ2v) is 6.74. The Morgan fingerprint density at radius 3 is 2.38 bits per heavy atom. The molecule has 24 heavy (non-hydrogen) atoms. The van der Waals surface area contributed by atoms with Crippen LogP contribution < -0.4 is 0 Å². The maximum Gasteiger partial charge on any atom is 0.307 e. The first kappa shape index (κ1) is 16.7. The van der Waals surface area contributed by atoms with Gasteiger partial charge in [-0.2, -0.15) is 0 Å². The molecule has 0 aliphatic carbocycles. The molecule has 1 aliphatic heterocycles. The van der Waals surface area contributed by atoms with Gasteiger partial charge in [-0.15, -0.1) is 0 Å². The molecule has 126 valence electrons. The topological polar surface area (TPSA) is 40.5 Å². The Hall–Kier alpha value is -2.13. The summed E-state index contributed by atoms with van der Waals surface area (Å²) in [5.41, 5.74) is 3.82. The first-order chi connectivity index (χ1) is 11.7. The summed E-state index contributed by atoms with van der Waals surface area (Å²) in [6.45, 7) is 4.52. The van der Waals surface area contributed by atoms with E-state index in [-0.39, 0.29) is 11.8 Å². The molecule has 1 N–H and O–H groups in total. The number of aryl methyl sites for hydroxylation is 1. The third-order valence-corrected chi connectivity index (χ3v) is 4.98. The van der Waals surface area contributed by atoms with Crippen LogP contribution in [0.15, 0.2) is 54.6 Å². The highest BCUT2D eigenvalue weighted by molar-refractivity contribution is 5.70. The Labute approximate surface area is 143 Å². The van der Waals surface area contributed by atoms with E-state index < -0.39 is 5.97 Å². The minimum absolute atomic E-state index is 0.287. The summed E-state index contributed by atoms with van der Waals surface area (Å²) in [6.07, 6.45) is 1.76. The molecule has 0 spiro atoms. The van der Waals surface area contributed by atoms with Crippen molar-refractivity contribution in [3.8, 4) is 0 Å². The predicted octanol–water partition coefficient (Wildman–Crippen LogP) is 3.94. The molecule has 2 aromatic carbocycles. The lowest BCUT2D eigenvalue weighted by atomic mass is 9.84. The number of likely N-dealkylation sites (tertiary alicyclic amines) is 1. The molecule has 0 unspecified atom stereocenters. The molecule has 1 heterocycles. The van der Waals surface area contributed by atoms with Crippen LogP contribution in [0.3, 0.4) is 0 Å². The van der Waals surface area contributed by atoms with Crippen molar-refractivity contribution in [3.63, 3.8) is 0 Å². The van der Waals surface area contributed by atoms with Gasteiger partial charge in [0.2, 0.25) is 0 Å². The molecule has 0 amide bonds. The van der Waals surface area contributed by atoms with E-state index in [1.807, 2.05) is 18.2 Å². The first-order valence-corrected chi connectivity index (χ1v) is 8.73. The maximum atomic E-state index is 11.6. The standard InChI is InChI=1S/C21H25NO2/c1-2-16-8-10-18(11-9-16)19-12-20(21(23)24)15-22(14-19)13-17-6-4-3-5-7-17/h3-11,19-20H,2,12-15H2,1H3,(H,23,24)/t19-,20-/m0/s1. The Kier molecular flexibility index (Phi) is 5.31. The van der Waals surface area contributed by atoms with Crippen LogP contribution in [0.4, 0.5) is 0 Å². The molecule has 1 fully saturated rings. The lowest BCUT2D eigenvalue weighted by Gasteiger charge is -2.36. The van der Waals surface area contributed by atoms with Crippen LogP contribution in [-0.4, -0.2) is 29.1 Å². The zero-order chi connectivity index (χ0) is 16.9. The number of carboxylic acids is 1. The molecule has 0 radical (unpaired) electrons. The van der Waals surface area contributed by atoms with E-state index in [0.29, 0.717) is 6.54 Å². The summed E-state index contributed by atoms with van der Waals surface area (Å²) in [4.78, 5) is 13.9. The number of carboxylic acid groups (broad SMARTS) is 1. The summed E-state index contributed by atoms with van der Waals surface area (Å²) >= 11 is 0. The second kappa shape index (κ2) is 7.63. The Balaban J connectivity index is 1.76. The molecular formula is C21H25NO2. The Bertz CT molecular complexity index is 666. The van der Waals surface area contributed by atoms with E-state index in [2.05, 4.69) is 48.2 Å². The third-order valence-electron chi connectivity index (χ3n) is 4.98. The van der Waals surface area contributed by atoms with E-state index in [0.717, 1.165) is 25.9 Å². The summed E-state index contributed by atoms with van der Waals surface area (Å²) in [5, 5.41) is 9.54. The molecule has 3 rings (SSSR count). The van der Waals surface area contributed by atoms with Crippen LogP contribution in [0.25, 0.3) is 0 Å². The minimum Gasteiger partial charge on any atom is -0.481 e. The van der Waals surface area contributed by atoms with Gasteiger partial charge in [0, 0.05) is 19.6 Å². The average molecular weight is 323 g/mol. The van der Waals surface area contributed by atoms with E-state index in [9.17, 15) is 9.90 Å². The molecule has 0 saturated carbocycles. The van der Waals surface area contributed by atoms with Gasteiger partial charge in [0.1, 0.15) is 0 Å². The zero-order valence-electron chi connectivity index (χ0n) is 14.2. The smallest absolute Gasteiger partial charge is 0.307 e. The molecule has 1 saturated heterocycles. The SMILES string of the molecule is CCc1ccc([C@H]2C[C@H](C(=O)O)CN(Cc3ccccc3)C2)cc1. The number of aliphatic carboxylic acids is 1. The van der Waals surface area contributed by atoms with E-state index >= 15 is 0 Å². The van der Waals surface area contributed by atoms with Crippen molar-refractivity contribution >= 4 is 5.97 Å². The van der Waals surface area contributed by atoms with Gasteiger partial charge in [0.25, 0.3) is 0 Å². The van der Waals surface area contributed by atoms with Gasteiger partial charge in [-0.3, -0.25) is 9.69 Å². The first-order valence-electron chi connectivity index (χ1n) is 8.73. The van der Waals surface area contributed by atoms with E-state index in [4.69, 9.17) is 0 Å². The fourth-order valence-electron chi connectivity index (χ4n) is 3.61. The van der Waals surface area contributed by atoms with Crippen LogP contribution in [0.2, 0.25) is 0 Å². The summed E-state index contributed by atoms with van der Waals surface area (Å²) < 4.78 is 0. The predicted molar refractivity (Wildman–Crippen MR) is 96.0 cm³/mol. The van der Waals surface area contributed by atoms with Gasteiger partial charge < -0.3 is 5.11 Å². The minimum atomic E-state index is -0.678. The van der Waals surface area contributed by atoms with Crippen molar-refractivity contribution in [1.82, 2.24) is 4.90 Å². The van der Waals surface area contributed by atoms with Gasteiger partial charge in [0.15, 0.2) is 0 Å². The van der Waals surface area contributed by atoms with Gasteiger partial charge in [-0.25, -0.2) is 0 Å². The quantitative estimate of drug-likeness (QED) is 0.906. The third kappa shape index (κ3) is 4.04. The average Bonchev–Trinajstić information content (AvgIpc) is 2.62. The molecule has 3 nitrogen and oxygen atoms in total. The van der Waals surface area contributed by atoms with Crippen LogP contribution in [-0.2, 0) is 17.8 Å². The second-order valence-electron chi connectivity index (χ2n) is 6.74. The number of hydrogen-bond donors (Lipinski definition) is 1. The van der Waals surface area contributed by atoms with Crippen LogP contribution >= 0.6 is 0 Å². The largest absolute Gasteiger partial charge is 0.481 e. The fourth-order valence-corrected chi connectivity index (χ4v) is 3.61. The highest BCUT2D eigenvalue weighted by atomic mass is 16.4. The van der Waals surface area contributed by atoms with Crippen molar-refractivity contribution in [2.24, 2.45) is 5.92 Å². The van der Waals surface area contributed by atoms with Crippen molar-refractivity contribution in [2.75, 3.05) is 13.1 Å². The Morgan fingerprint density at radius 2 is 1.75 bits per heavy atom. The van der Waals surface area contributed by atoms with Gasteiger partial charge >= 0.3 is 5.97 Å². The van der Waals surface area contributed by atoms with Crippen molar-refractivity contribution in [3.05, 3.63) is 71.3 Å². The van der Waals surface area contributed by atoms with Crippen molar-refractivity contribution in [1.29, 1.82) is 0 Å². The van der Waals surface area contributed by atoms with Gasteiger partial charge in [-0.05, 0) is 35.4 Å². The van der Waals surface area contributed by atoms with Gasteiger partial charge in [0.05, 0.1) is 5.92 Å². The number of nitrogens with zero attached hydrogens (tertiary/aromatic N) is 1. The van der Waals surface area contributed by atoms with Crippen LogP contribution in [0.5, 0.6) is 0 Å². The lowest BCUT2D eigenvalue weighted by Crippen LogP contribution is -2.41. The van der Waals surface area contributed by atoms with Crippen LogP contribution in [0, 0.1) is 5.92 Å². The van der Waals surface area contributed by atoms with Crippen molar-refractivity contribution in [2.45, 2.75) is 32.2 Å². The molecule has 2 aromatic rings. The number of carbonyl (C=O) groups is 1. The highest BCUT2D eigenvalue weighted by Crippen LogP contribution is 2.31. The maximum absolute atomic E-state index is 11.6. The fraction of sp³-hybridized carbons (Fsp3) is 0.381. The van der Waals surface area contributed by atoms with Gasteiger partial charge in [-0.1, -0.05) is 61.5 Å². The molecule has 0 aromatic heterocycles. The van der Waals surface area contributed by atoms with E-state index in [1.165, 1.54) is 16.7 Å². The molecule has 1 aliphatic rings. The lowest BCUT2D eigenvalue weighted by molar-refractivity contribution is -0.144. The van der Waals surface area contributed by atoms with Crippen LogP contribution in [0.1, 0.15) is 36.0 Å². The summed E-state index contributed by atoms with van der Waals surface area (Å²) in [7, 11) is 0. The molecule has 3 heteroatoms. The normalized spacial score (nSPS) is 21.5. The van der Waals surface area contributed by atoms with Crippen molar-refractivity contribution < 1.29 is 9.90 Å². The molecule has 0 bridgehead atoms. The molecular weight excluding hydrogens is 298 g/mol. The monoisotopic (exact) mass is 323 g/mol. The number of hydrogen-bond acceptors (Lipinski definition) is 2. The highest BCUT2D eigenvalue weighted by Gasteiger charge is 2.32. The zero-order valence-corrected chi connectivity index (χ0v) is 14.2. The number of benzene rings is 2. The summed E-state index contributed by atoms with van der Waals surface area (Å²) in [5.74, 6) is -0.685. The summed E-state index contributed by atoms with van der Waals surface area (Å²) in [6, 6.07) is 19.0. The number of rotatable bonds is 5. The number of piperidine rings is 1. The molecule has 2 atom stereocenters. The Morgan fingerprint density at radius 1 is 1.04 bits per heavy atom.